The molecule has 0 unspecified atom stereocenters. The fraction of sp³-hybridized carbons (Fsp3) is 0.158. The minimum absolute atomic E-state index is 0.0184. The summed E-state index contributed by atoms with van der Waals surface area (Å²) in [5, 5.41) is 2.38. The highest BCUT2D eigenvalue weighted by atomic mass is 32.2. The summed E-state index contributed by atoms with van der Waals surface area (Å²) in [6, 6.07) is 9.33. The summed E-state index contributed by atoms with van der Waals surface area (Å²) in [4.78, 5) is 48.3. The summed E-state index contributed by atoms with van der Waals surface area (Å²) in [5.41, 5.74) is -0.0724. The zero-order chi connectivity index (χ0) is 22.1. The van der Waals surface area contributed by atoms with Crippen molar-refractivity contribution >= 4 is 39.5 Å². The van der Waals surface area contributed by atoms with Gasteiger partial charge in [-0.25, -0.2) is 22.3 Å². The first-order valence-electron chi connectivity index (χ1n) is 8.46. The molecule has 0 saturated carbocycles. The first-order chi connectivity index (χ1) is 14.2. The van der Waals surface area contributed by atoms with Crippen LogP contribution in [-0.4, -0.2) is 57.2 Å². The molecule has 0 radical (unpaired) electrons. The summed E-state index contributed by atoms with van der Waals surface area (Å²) >= 11 is 0. The Kier molecular flexibility index (Phi) is 5.56. The molecule has 10 nitrogen and oxygen atoms in total. The van der Waals surface area contributed by atoms with Gasteiger partial charge in [0.05, 0.1) is 30.9 Å². The molecule has 0 aliphatic carbocycles. The van der Waals surface area contributed by atoms with Crippen molar-refractivity contribution in [2.75, 3.05) is 26.1 Å². The zero-order valence-corrected chi connectivity index (χ0v) is 16.7. The van der Waals surface area contributed by atoms with Crippen molar-refractivity contribution in [3.05, 3.63) is 59.2 Å². The first kappa shape index (κ1) is 21.0. The topological polar surface area (TPSA) is 136 Å². The van der Waals surface area contributed by atoms with E-state index < -0.39 is 40.3 Å². The lowest BCUT2D eigenvalue weighted by Gasteiger charge is -2.15. The molecule has 0 saturated heterocycles. The summed E-state index contributed by atoms with van der Waals surface area (Å²) in [5.74, 6) is -3.19. The Morgan fingerprint density at radius 3 is 2.07 bits per heavy atom. The molecule has 0 bridgehead atoms. The standard InChI is InChI=1S/C19H16N2O8S/c1-28-18(24)11-7-12(19(25)29-2)9-13(8-11)20-16(22)10-21-17(23)14-5-3-4-6-15(14)30(21,26)27/h3-9H,10H2,1-2H3,(H,20,22). The molecule has 156 valence electrons. The number of hydrogen-bond acceptors (Lipinski definition) is 8. The van der Waals surface area contributed by atoms with Crippen LogP contribution in [0.15, 0.2) is 47.4 Å². The molecule has 0 aromatic heterocycles. The number of methoxy groups -OCH3 is 2. The number of amides is 2. The molecule has 2 aromatic rings. The van der Waals surface area contributed by atoms with E-state index >= 15 is 0 Å². The number of anilines is 1. The van der Waals surface area contributed by atoms with E-state index in [1.807, 2.05) is 0 Å². The van der Waals surface area contributed by atoms with Gasteiger partial charge in [-0.15, -0.1) is 0 Å². The second-order valence-electron chi connectivity index (χ2n) is 6.14. The van der Waals surface area contributed by atoms with Crippen LogP contribution in [0, 0.1) is 0 Å². The predicted molar refractivity (Wildman–Crippen MR) is 102 cm³/mol. The van der Waals surface area contributed by atoms with Gasteiger partial charge in [0, 0.05) is 5.69 Å². The Balaban J connectivity index is 1.86. The van der Waals surface area contributed by atoms with E-state index in [0.717, 1.165) is 14.2 Å². The summed E-state index contributed by atoms with van der Waals surface area (Å²) < 4.78 is 34.8. The van der Waals surface area contributed by atoms with Gasteiger partial charge in [-0.3, -0.25) is 9.59 Å². The van der Waals surface area contributed by atoms with Crippen LogP contribution in [0.3, 0.4) is 0 Å². The first-order valence-corrected chi connectivity index (χ1v) is 9.90. The van der Waals surface area contributed by atoms with E-state index in [2.05, 4.69) is 14.8 Å². The largest absolute Gasteiger partial charge is 0.465 e. The maximum absolute atomic E-state index is 12.5. The number of nitrogens with one attached hydrogen (secondary N) is 1. The lowest BCUT2D eigenvalue weighted by atomic mass is 10.1. The van der Waals surface area contributed by atoms with Gasteiger partial charge in [0.15, 0.2) is 0 Å². The Labute approximate surface area is 171 Å². The van der Waals surface area contributed by atoms with Crippen molar-refractivity contribution in [3.63, 3.8) is 0 Å². The van der Waals surface area contributed by atoms with Crippen LogP contribution in [0.2, 0.25) is 0 Å². The fourth-order valence-corrected chi connectivity index (χ4v) is 4.41. The lowest BCUT2D eigenvalue weighted by molar-refractivity contribution is -0.116. The van der Waals surface area contributed by atoms with Crippen LogP contribution in [0.5, 0.6) is 0 Å². The second kappa shape index (κ2) is 7.95. The van der Waals surface area contributed by atoms with Crippen LogP contribution in [0.25, 0.3) is 0 Å². The molecule has 0 atom stereocenters. The third kappa shape index (κ3) is 3.74. The summed E-state index contributed by atoms with van der Waals surface area (Å²) in [6.07, 6.45) is 0. The van der Waals surface area contributed by atoms with E-state index in [4.69, 9.17) is 0 Å². The number of esters is 2. The normalized spacial score (nSPS) is 14.1. The molecule has 1 N–H and O–H groups in total. The van der Waals surface area contributed by atoms with Gasteiger partial charge in [0.25, 0.3) is 15.9 Å². The molecular weight excluding hydrogens is 416 g/mol. The number of rotatable bonds is 5. The molecule has 3 rings (SSSR count). The van der Waals surface area contributed by atoms with Gasteiger partial charge in [-0.2, -0.15) is 0 Å². The number of sulfonamides is 1. The molecular formula is C19H16N2O8S. The molecule has 1 aliphatic rings. The highest BCUT2D eigenvalue weighted by molar-refractivity contribution is 7.90. The molecule has 0 spiro atoms. The van der Waals surface area contributed by atoms with Gasteiger partial charge in [-0.1, -0.05) is 12.1 Å². The number of carbonyl (C=O) groups excluding carboxylic acids is 4. The zero-order valence-electron chi connectivity index (χ0n) is 15.9. The van der Waals surface area contributed by atoms with Crippen molar-refractivity contribution < 1.29 is 37.1 Å². The van der Waals surface area contributed by atoms with Crippen molar-refractivity contribution in [2.24, 2.45) is 0 Å². The maximum atomic E-state index is 12.5. The van der Waals surface area contributed by atoms with E-state index in [-0.39, 0.29) is 27.3 Å². The van der Waals surface area contributed by atoms with Crippen molar-refractivity contribution in [3.8, 4) is 0 Å². The molecule has 2 amide bonds. The Bertz CT molecular complexity index is 1140. The Morgan fingerprint density at radius 2 is 1.53 bits per heavy atom. The van der Waals surface area contributed by atoms with Gasteiger partial charge in [0.1, 0.15) is 11.4 Å². The van der Waals surface area contributed by atoms with Crippen LogP contribution < -0.4 is 5.32 Å². The third-order valence-electron chi connectivity index (χ3n) is 4.26. The molecule has 30 heavy (non-hydrogen) atoms. The number of benzene rings is 2. The van der Waals surface area contributed by atoms with Crippen molar-refractivity contribution in [1.82, 2.24) is 4.31 Å². The predicted octanol–water partition coefficient (Wildman–Crippen LogP) is 1.04. The third-order valence-corrected chi connectivity index (χ3v) is 6.05. The van der Waals surface area contributed by atoms with E-state index in [0.29, 0.717) is 4.31 Å². The summed E-state index contributed by atoms with van der Waals surface area (Å²) in [6.45, 7) is -0.786. The summed E-state index contributed by atoms with van der Waals surface area (Å²) in [7, 11) is -1.87. The van der Waals surface area contributed by atoms with Gasteiger partial charge < -0.3 is 14.8 Å². The quantitative estimate of drug-likeness (QED) is 0.692. The van der Waals surface area contributed by atoms with Crippen LogP contribution >= 0.6 is 0 Å². The number of hydrogen-bond donors (Lipinski definition) is 1. The van der Waals surface area contributed by atoms with Gasteiger partial charge in [0.2, 0.25) is 5.91 Å². The fourth-order valence-electron chi connectivity index (χ4n) is 2.89. The monoisotopic (exact) mass is 432 g/mol. The van der Waals surface area contributed by atoms with Crippen LogP contribution in [-0.2, 0) is 24.3 Å². The molecule has 1 heterocycles. The van der Waals surface area contributed by atoms with Crippen molar-refractivity contribution in [1.29, 1.82) is 0 Å². The van der Waals surface area contributed by atoms with Crippen molar-refractivity contribution in [2.45, 2.75) is 4.90 Å². The van der Waals surface area contributed by atoms with E-state index in [1.54, 1.807) is 0 Å². The van der Waals surface area contributed by atoms with Crippen LogP contribution in [0.1, 0.15) is 31.1 Å². The number of nitrogens with zero attached hydrogens (tertiary/aromatic N) is 1. The van der Waals surface area contributed by atoms with Gasteiger partial charge in [-0.05, 0) is 30.3 Å². The molecule has 1 aliphatic heterocycles. The Morgan fingerprint density at radius 1 is 0.967 bits per heavy atom. The molecule has 2 aromatic carbocycles. The highest BCUT2D eigenvalue weighted by Crippen LogP contribution is 2.29. The number of fused-ring (bicyclic) bond motifs is 1. The second-order valence-corrected chi connectivity index (χ2v) is 7.97. The number of carbonyl (C=O) groups is 4. The van der Waals surface area contributed by atoms with Gasteiger partial charge >= 0.3 is 11.9 Å². The van der Waals surface area contributed by atoms with E-state index in [1.165, 1.54) is 42.5 Å². The lowest BCUT2D eigenvalue weighted by Crippen LogP contribution is -2.37. The minimum atomic E-state index is -4.16. The van der Waals surface area contributed by atoms with Crippen LogP contribution in [0.4, 0.5) is 5.69 Å². The smallest absolute Gasteiger partial charge is 0.337 e. The molecule has 0 fully saturated rings. The SMILES string of the molecule is COC(=O)c1cc(NC(=O)CN2C(=O)c3ccccc3S2(=O)=O)cc(C(=O)OC)c1. The van der Waals surface area contributed by atoms with E-state index in [9.17, 15) is 27.6 Å². The average Bonchev–Trinajstić information content (AvgIpc) is 2.93. The highest BCUT2D eigenvalue weighted by Gasteiger charge is 2.41. The number of ether oxygens (including phenoxy) is 2. The molecule has 11 heteroatoms. The maximum Gasteiger partial charge on any atom is 0.337 e. The Hall–Kier alpha value is -3.73. The minimum Gasteiger partial charge on any atom is -0.465 e. The average molecular weight is 432 g/mol.